The number of likely N-dealkylation sites (tertiary alicyclic amines) is 1. The first kappa shape index (κ1) is 19.4. The van der Waals surface area contributed by atoms with Crippen LogP contribution in [-0.4, -0.2) is 53.6 Å². The molecule has 27 heavy (non-hydrogen) atoms. The average Bonchev–Trinajstić information content (AvgIpc) is 3.08. The van der Waals surface area contributed by atoms with E-state index in [0.29, 0.717) is 26.2 Å². The van der Waals surface area contributed by atoms with Crippen molar-refractivity contribution in [1.82, 2.24) is 10.2 Å². The molecule has 2 aliphatic heterocycles. The Morgan fingerprint density at radius 2 is 2.04 bits per heavy atom. The summed E-state index contributed by atoms with van der Waals surface area (Å²) in [6, 6.07) is 8.55. The number of carbonyl (C=O) groups excluding carboxylic acids is 2. The van der Waals surface area contributed by atoms with Crippen LogP contribution in [0, 0.1) is 11.8 Å². The normalized spacial score (nSPS) is 25.1. The molecule has 7 nitrogen and oxygen atoms in total. The van der Waals surface area contributed by atoms with Crippen LogP contribution in [0.1, 0.15) is 37.8 Å². The van der Waals surface area contributed by atoms with Crippen molar-refractivity contribution in [2.45, 2.75) is 38.3 Å². The molecule has 4 unspecified atom stereocenters. The predicted molar refractivity (Wildman–Crippen MR) is 97.8 cm³/mol. The number of hydrogen-bond donors (Lipinski definition) is 2. The maximum absolute atomic E-state index is 12.7. The highest BCUT2D eigenvalue weighted by molar-refractivity contribution is 5.91. The van der Waals surface area contributed by atoms with E-state index >= 15 is 0 Å². The third-order valence-corrected chi connectivity index (χ3v) is 5.51. The topological polar surface area (TPSA) is 95.9 Å². The number of carbonyl (C=O) groups is 3. The summed E-state index contributed by atoms with van der Waals surface area (Å²) in [5, 5.41) is 12.2. The number of carboxylic acids is 1. The van der Waals surface area contributed by atoms with Crippen LogP contribution in [0.15, 0.2) is 30.3 Å². The molecule has 2 saturated heterocycles. The third kappa shape index (κ3) is 4.47. The molecule has 0 saturated carbocycles. The Morgan fingerprint density at radius 1 is 1.30 bits per heavy atom. The summed E-state index contributed by atoms with van der Waals surface area (Å²) in [7, 11) is 0. The van der Waals surface area contributed by atoms with Crippen molar-refractivity contribution in [3.05, 3.63) is 35.9 Å². The van der Waals surface area contributed by atoms with Gasteiger partial charge in [-0.2, -0.15) is 0 Å². The Labute approximate surface area is 158 Å². The highest BCUT2D eigenvalue weighted by atomic mass is 16.5. The third-order valence-electron chi connectivity index (χ3n) is 5.51. The number of rotatable bonds is 6. The number of carboxylic acid groups (broad SMARTS) is 1. The molecular formula is C20H26N2O5. The summed E-state index contributed by atoms with van der Waals surface area (Å²) in [5.41, 5.74) is 1.01. The van der Waals surface area contributed by atoms with Gasteiger partial charge in [0.1, 0.15) is 6.04 Å². The molecule has 2 amide bonds. The molecule has 2 N–H and O–H groups in total. The van der Waals surface area contributed by atoms with Crippen molar-refractivity contribution < 1.29 is 24.2 Å². The Hall–Kier alpha value is -2.41. The van der Waals surface area contributed by atoms with Crippen LogP contribution in [0.25, 0.3) is 0 Å². The van der Waals surface area contributed by atoms with Gasteiger partial charge in [0.25, 0.3) is 0 Å². The van der Waals surface area contributed by atoms with Gasteiger partial charge in [-0.25, -0.2) is 4.79 Å². The molecule has 7 heteroatoms. The van der Waals surface area contributed by atoms with E-state index in [4.69, 9.17) is 4.74 Å². The number of benzene rings is 1. The first-order chi connectivity index (χ1) is 13.0. The van der Waals surface area contributed by atoms with E-state index in [9.17, 15) is 19.5 Å². The minimum Gasteiger partial charge on any atom is -0.480 e. The van der Waals surface area contributed by atoms with Gasteiger partial charge in [0.2, 0.25) is 11.8 Å². The molecule has 0 bridgehead atoms. The van der Waals surface area contributed by atoms with Gasteiger partial charge < -0.3 is 20.1 Å². The van der Waals surface area contributed by atoms with Gasteiger partial charge in [0.05, 0.1) is 18.6 Å². The zero-order valence-electron chi connectivity index (χ0n) is 15.5. The molecule has 1 aromatic rings. The second-order valence-corrected chi connectivity index (χ2v) is 7.34. The van der Waals surface area contributed by atoms with E-state index in [1.807, 2.05) is 37.3 Å². The van der Waals surface area contributed by atoms with Crippen LogP contribution in [0.3, 0.4) is 0 Å². The number of amides is 2. The van der Waals surface area contributed by atoms with E-state index in [2.05, 4.69) is 5.32 Å². The Morgan fingerprint density at radius 3 is 2.67 bits per heavy atom. The minimum absolute atomic E-state index is 0.0839. The van der Waals surface area contributed by atoms with Crippen molar-refractivity contribution in [2.24, 2.45) is 11.8 Å². The molecule has 2 fully saturated rings. The van der Waals surface area contributed by atoms with Crippen LogP contribution in [-0.2, 0) is 19.1 Å². The molecule has 1 aromatic carbocycles. The minimum atomic E-state index is -1.06. The molecule has 2 aliphatic rings. The van der Waals surface area contributed by atoms with Crippen molar-refractivity contribution in [1.29, 1.82) is 0 Å². The molecule has 146 valence electrons. The number of aliphatic carboxylic acids is 1. The van der Waals surface area contributed by atoms with Crippen molar-refractivity contribution in [3.8, 4) is 0 Å². The molecule has 4 atom stereocenters. The number of hydrogen-bond acceptors (Lipinski definition) is 4. The average molecular weight is 374 g/mol. The lowest BCUT2D eigenvalue weighted by atomic mass is 9.93. The lowest BCUT2D eigenvalue weighted by Crippen LogP contribution is -2.50. The van der Waals surface area contributed by atoms with Crippen LogP contribution in [0.4, 0.5) is 0 Å². The Bertz CT molecular complexity index is 687. The first-order valence-corrected chi connectivity index (χ1v) is 9.42. The standard InChI is InChI=1S/C20H26N2O5/c1-13(14-6-3-2-4-7-14)22-11-16(10-17(22)23)19(24)21-18(20(25)26)15-8-5-9-27-12-15/h2-4,6-7,13,15-16,18H,5,8-12H2,1H3,(H,21,24)(H,25,26). The summed E-state index contributed by atoms with van der Waals surface area (Å²) in [6.45, 7) is 3.19. The summed E-state index contributed by atoms with van der Waals surface area (Å²) in [6.07, 6.45) is 1.60. The lowest BCUT2D eigenvalue weighted by molar-refractivity contribution is -0.145. The molecule has 0 spiro atoms. The maximum atomic E-state index is 12.7. The van der Waals surface area contributed by atoms with Gasteiger partial charge in [-0.1, -0.05) is 30.3 Å². The Balaban J connectivity index is 1.63. The summed E-state index contributed by atoms with van der Waals surface area (Å²) >= 11 is 0. The van der Waals surface area contributed by atoms with Gasteiger partial charge in [0, 0.05) is 25.5 Å². The van der Waals surface area contributed by atoms with Gasteiger partial charge in [0.15, 0.2) is 0 Å². The smallest absolute Gasteiger partial charge is 0.326 e. The second-order valence-electron chi connectivity index (χ2n) is 7.34. The summed E-state index contributed by atoms with van der Waals surface area (Å²) in [5.74, 6) is -2.28. The van der Waals surface area contributed by atoms with Crippen LogP contribution in [0.5, 0.6) is 0 Å². The van der Waals surface area contributed by atoms with Gasteiger partial charge in [-0.05, 0) is 25.3 Å². The van der Waals surface area contributed by atoms with Crippen LogP contribution >= 0.6 is 0 Å². The quantitative estimate of drug-likeness (QED) is 0.788. The van der Waals surface area contributed by atoms with E-state index in [0.717, 1.165) is 12.0 Å². The highest BCUT2D eigenvalue weighted by Gasteiger charge is 2.39. The lowest BCUT2D eigenvalue weighted by Gasteiger charge is -2.29. The van der Waals surface area contributed by atoms with E-state index in [1.54, 1.807) is 4.90 Å². The van der Waals surface area contributed by atoms with Crippen molar-refractivity contribution >= 4 is 17.8 Å². The van der Waals surface area contributed by atoms with E-state index in [-0.39, 0.29) is 30.2 Å². The summed E-state index contributed by atoms with van der Waals surface area (Å²) in [4.78, 5) is 38.4. The van der Waals surface area contributed by atoms with Crippen molar-refractivity contribution in [3.63, 3.8) is 0 Å². The monoisotopic (exact) mass is 374 g/mol. The fourth-order valence-corrected chi connectivity index (χ4v) is 3.87. The molecular weight excluding hydrogens is 348 g/mol. The molecule has 2 heterocycles. The SMILES string of the molecule is CC(c1ccccc1)N1CC(C(=O)NC(C(=O)O)C2CCCOC2)CC1=O. The fraction of sp³-hybridized carbons (Fsp3) is 0.550. The highest BCUT2D eigenvalue weighted by Crippen LogP contribution is 2.29. The zero-order valence-corrected chi connectivity index (χ0v) is 15.5. The largest absolute Gasteiger partial charge is 0.480 e. The van der Waals surface area contributed by atoms with Gasteiger partial charge >= 0.3 is 5.97 Å². The van der Waals surface area contributed by atoms with Crippen molar-refractivity contribution in [2.75, 3.05) is 19.8 Å². The van der Waals surface area contributed by atoms with E-state index < -0.39 is 17.9 Å². The zero-order chi connectivity index (χ0) is 19.4. The molecule has 0 radical (unpaired) electrons. The molecule has 3 rings (SSSR count). The van der Waals surface area contributed by atoms with Crippen LogP contribution in [0.2, 0.25) is 0 Å². The molecule has 0 aromatic heterocycles. The molecule has 0 aliphatic carbocycles. The second kappa shape index (κ2) is 8.52. The number of ether oxygens (including phenoxy) is 1. The number of nitrogens with one attached hydrogen (secondary N) is 1. The fourth-order valence-electron chi connectivity index (χ4n) is 3.87. The Kier molecular flexibility index (Phi) is 6.11. The number of nitrogens with zero attached hydrogens (tertiary/aromatic N) is 1. The van der Waals surface area contributed by atoms with E-state index in [1.165, 1.54) is 0 Å². The first-order valence-electron chi connectivity index (χ1n) is 9.42. The predicted octanol–water partition coefficient (Wildman–Crippen LogP) is 1.59. The van der Waals surface area contributed by atoms with Crippen LogP contribution < -0.4 is 5.32 Å². The summed E-state index contributed by atoms with van der Waals surface area (Å²) < 4.78 is 5.36. The van der Waals surface area contributed by atoms with Gasteiger partial charge in [-0.3, -0.25) is 9.59 Å². The maximum Gasteiger partial charge on any atom is 0.326 e. The van der Waals surface area contributed by atoms with Gasteiger partial charge in [-0.15, -0.1) is 0 Å².